The third-order valence-corrected chi connectivity index (χ3v) is 3.33. The molecule has 0 rings (SSSR count). The monoisotopic (exact) mass is 322 g/mol. The van der Waals surface area contributed by atoms with Crippen LogP contribution in [0, 0.1) is 0 Å². The Morgan fingerprint density at radius 1 is 0.579 bits per heavy atom. The fourth-order valence-electron chi connectivity index (χ4n) is 0.909. The lowest BCUT2D eigenvalue weighted by Gasteiger charge is -2.07. The summed E-state index contributed by atoms with van der Waals surface area (Å²) in [5.74, 6) is 0. The molecule has 0 fully saturated rings. The minimum absolute atomic E-state index is 0.0353. The maximum Gasteiger partial charge on any atom is 0.327 e. The smallest absolute Gasteiger partial charge is 0.327 e. The van der Waals surface area contributed by atoms with Crippen LogP contribution in [0.15, 0.2) is 0 Å². The van der Waals surface area contributed by atoms with E-state index in [2.05, 4.69) is 0 Å². The second kappa shape index (κ2) is 9.99. The first-order chi connectivity index (χ1) is 8.71. The van der Waals surface area contributed by atoms with Crippen molar-refractivity contribution in [3.63, 3.8) is 0 Å². The van der Waals surface area contributed by atoms with E-state index in [9.17, 15) is 9.13 Å². The first-order valence-corrected chi connectivity index (χ1v) is 9.12. The predicted molar refractivity (Wildman–Crippen MR) is 66.3 cm³/mol. The van der Waals surface area contributed by atoms with Crippen molar-refractivity contribution in [1.82, 2.24) is 0 Å². The van der Waals surface area contributed by atoms with Crippen molar-refractivity contribution in [2.24, 2.45) is 0 Å². The van der Waals surface area contributed by atoms with Gasteiger partial charge in [-0.2, -0.15) is 0 Å². The Labute approximate surface area is 111 Å². The van der Waals surface area contributed by atoms with Gasteiger partial charge in [-0.1, -0.05) is 0 Å². The summed E-state index contributed by atoms with van der Waals surface area (Å²) in [6, 6.07) is 0. The molecule has 0 radical (unpaired) electrons. The molecular weight excluding hydrogens is 302 g/mol. The lowest BCUT2D eigenvalue weighted by atomic mass is 10.7. The van der Waals surface area contributed by atoms with E-state index in [1.807, 2.05) is 0 Å². The summed E-state index contributed by atoms with van der Waals surface area (Å²) < 4.78 is 35.8. The van der Waals surface area contributed by atoms with Crippen LogP contribution in [0.5, 0.6) is 0 Å². The van der Waals surface area contributed by atoms with Crippen molar-refractivity contribution in [1.29, 1.82) is 0 Å². The largest absolute Gasteiger partial charge is 0.378 e. The van der Waals surface area contributed by atoms with Crippen LogP contribution in [0.1, 0.15) is 0 Å². The first kappa shape index (κ1) is 19.2. The molecule has 0 aromatic heterocycles. The summed E-state index contributed by atoms with van der Waals surface area (Å²) >= 11 is 0. The van der Waals surface area contributed by atoms with E-state index in [1.165, 1.54) is 0 Å². The highest BCUT2D eigenvalue weighted by Crippen LogP contribution is 2.33. The average Bonchev–Trinajstić information content (AvgIpc) is 2.22. The van der Waals surface area contributed by atoms with E-state index in [0.29, 0.717) is 0 Å². The zero-order valence-corrected chi connectivity index (χ0v) is 12.2. The molecule has 0 atom stereocenters. The SMILES string of the molecule is O=P(O)(O)CCOCCOCCOCCP(=O)(O)O. The lowest BCUT2D eigenvalue weighted by molar-refractivity contribution is 0.0193. The molecule has 0 aliphatic carbocycles. The van der Waals surface area contributed by atoms with E-state index >= 15 is 0 Å². The number of rotatable bonds is 12. The van der Waals surface area contributed by atoms with Crippen LogP contribution >= 0.6 is 15.2 Å². The second-order valence-electron chi connectivity index (χ2n) is 3.61. The normalized spacial score (nSPS) is 12.8. The van der Waals surface area contributed by atoms with Crippen molar-refractivity contribution >= 4 is 15.2 Å². The molecule has 0 aromatic carbocycles. The third-order valence-electron chi connectivity index (χ3n) is 1.80. The van der Waals surface area contributed by atoms with E-state index in [-0.39, 0.29) is 52.0 Å². The average molecular weight is 322 g/mol. The summed E-state index contributed by atoms with van der Waals surface area (Å²) in [6.07, 6.45) is -0.642. The quantitative estimate of drug-likeness (QED) is 0.273. The van der Waals surface area contributed by atoms with Gasteiger partial charge in [-0.3, -0.25) is 9.13 Å². The Morgan fingerprint density at radius 2 is 0.842 bits per heavy atom. The molecule has 0 unspecified atom stereocenters. The van der Waals surface area contributed by atoms with Crippen LogP contribution in [0.2, 0.25) is 0 Å². The van der Waals surface area contributed by atoms with E-state index in [0.717, 1.165) is 0 Å². The molecule has 0 heterocycles. The van der Waals surface area contributed by atoms with Crippen LogP contribution in [-0.4, -0.2) is 71.5 Å². The van der Waals surface area contributed by atoms with Crippen molar-refractivity contribution in [3.8, 4) is 0 Å². The molecule has 11 heteroatoms. The van der Waals surface area contributed by atoms with Crippen molar-refractivity contribution in [2.45, 2.75) is 0 Å². The molecule has 0 aliphatic rings. The highest BCUT2D eigenvalue weighted by molar-refractivity contribution is 7.52. The standard InChI is InChI=1S/C8H20O9P2/c9-18(10,11)7-5-16-3-1-15-2-4-17-6-8-19(12,13)14/h1-8H2,(H2,9,10,11)(H2,12,13,14). The molecular formula is C8H20O9P2. The molecule has 0 bridgehead atoms. The topological polar surface area (TPSA) is 143 Å². The molecule has 19 heavy (non-hydrogen) atoms. The third kappa shape index (κ3) is 18.2. The van der Waals surface area contributed by atoms with Crippen LogP contribution in [-0.2, 0) is 23.3 Å². The fraction of sp³-hybridized carbons (Fsp3) is 1.00. The van der Waals surface area contributed by atoms with E-state index in [1.54, 1.807) is 0 Å². The molecule has 0 spiro atoms. The summed E-state index contributed by atoms with van der Waals surface area (Å²) in [7, 11) is -8.01. The van der Waals surface area contributed by atoms with Gasteiger partial charge >= 0.3 is 15.2 Å². The summed E-state index contributed by atoms with van der Waals surface area (Å²) in [6.45, 7) is 0.857. The Morgan fingerprint density at radius 3 is 1.11 bits per heavy atom. The van der Waals surface area contributed by atoms with Gasteiger partial charge in [-0.25, -0.2) is 0 Å². The predicted octanol–water partition coefficient (Wildman–Crippen LogP) is -0.608. The fourth-order valence-corrected chi connectivity index (χ4v) is 1.64. The molecule has 0 amide bonds. The van der Waals surface area contributed by atoms with Crippen LogP contribution < -0.4 is 0 Å². The summed E-state index contributed by atoms with van der Waals surface area (Å²) in [5.41, 5.74) is 0. The second-order valence-corrected chi connectivity index (χ2v) is 7.17. The Kier molecular flexibility index (Phi) is 10.1. The van der Waals surface area contributed by atoms with Gasteiger partial charge in [0.15, 0.2) is 0 Å². The van der Waals surface area contributed by atoms with Gasteiger partial charge in [-0.15, -0.1) is 0 Å². The molecule has 0 aliphatic heterocycles. The van der Waals surface area contributed by atoms with Gasteiger partial charge in [0.2, 0.25) is 0 Å². The number of hydrogen-bond acceptors (Lipinski definition) is 5. The van der Waals surface area contributed by atoms with Crippen molar-refractivity contribution in [2.75, 3.05) is 52.0 Å². The Balaban J connectivity index is 3.16. The van der Waals surface area contributed by atoms with E-state index in [4.69, 9.17) is 33.8 Å². The lowest BCUT2D eigenvalue weighted by Crippen LogP contribution is -2.12. The Bertz CT molecular complexity index is 279. The van der Waals surface area contributed by atoms with Gasteiger partial charge in [0, 0.05) is 0 Å². The molecule has 0 aromatic rings. The Hall–Kier alpha value is 0.180. The van der Waals surface area contributed by atoms with Crippen LogP contribution in [0.3, 0.4) is 0 Å². The maximum atomic E-state index is 10.4. The summed E-state index contributed by atoms with van der Waals surface area (Å²) in [5, 5.41) is 0. The molecule has 0 saturated heterocycles. The van der Waals surface area contributed by atoms with Gasteiger partial charge in [-0.05, 0) is 0 Å². The molecule has 0 saturated carbocycles. The van der Waals surface area contributed by atoms with E-state index < -0.39 is 15.2 Å². The van der Waals surface area contributed by atoms with Gasteiger partial charge in [0.1, 0.15) is 0 Å². The van der Waals surface area contributed by atoms with Crippen LogP contribution in [0.4, 0.5) is 0 Å². The van der Waals surface area contributed by atoms with Gasteiger partial charge in [0.25, 0.3) is 0 Å². The van der Waals surface area contributed by atoms with Crippen molar-refractivity contribution in [3.05, 3.63) is 0 Å². The zero-order chi connectivity index (χ0) is 14.8. The minimum atomic E-state index is -4.00. The first-order valence-electron chi connectivity index (χ1n) is 5.53. The minimum Gasteiger partial charge on any atom is -0.378 e. The van der Waals surface area contributed by atoms with Crippen LogP contribution in [0.25, 0.3) is 0 Å². The maximum absolute atomic E-state index is 10.4. The molecule has 116 valence electrons. The zero-order valence-electron chi connectivity index (χ0n) is 10.4. The highest BCUT2D eigenvalue weighted by atomic mass is 31.2. The summed E-state index contributed by atoms with van der Waals surface area (Å²) in [4.78, 5) is 34.1. The van der Waals surface area contributed by atoms with Gasteiger partial charge in [0.05, 0.1) is 52.0 Å². The molecule has 9 nitrogen and oxygen atoms in total. The number of hydrogen-bond donors (Lipinski definition) is 4. The molecule has 4 N–H and O–H groups in total. The number of ether oxygens (including phenoxy) is 3. The van der Waals surface area contributed by atoms with Crippen molar-refractivity contribution < 1.29 is 42.9 Å². The van der Waals surface area contributed by atoms with Gasteiger partial charge < -0.3 is 33.8 Å². The highest BCUT2D eigenvalue weighted by Gasteiger charge is 2.12.